The zero-order valence-electron chi connectivity index (χ0n) is 12.7. The second kappa shape index (κ2) is 7.77. The van der Waals surface area contributed by atoms with Crippen molar-refractivity contribution < 1.29 is 4.79 Å². The molecule has 1 heterocycles. The molecule has 0 unspecified atom stereocenters. The first kappa shape index (κ1) is 15.5. The number of hydrogen-bond acceptors (Lipinski definition) is 3. The summed E-state index contributed by atoms with van der Waals surface area (Å²) in [7, 11) is 0. The number of nitrogens with one attached hydrogen (secondary N) is 1. The molecule has 1 amide bonds. The van der Waals surface area contributed by atoms with Gasteiger partial charge in [0.1, 0.15) is 0 Å². The van der Waals surface area contributed by atoms with Crippen molar-refractivity contribution in [3.05, 3.63) is 16.1 Å². The average Bonchev–Trinajstić information content (AvgIpc) is 2.81. The highest BCUT2D eigenvalue weighted by Gasteiger charge is 2.15. The van der Waals surface area contributed by atoms with Crippen LogP contribution in [0.4, 0.5) is 0 Å². The smallest absolute Gasteiger partial charge is 0.226 e. The Bertz CT molecular complexity index is 420. The Morgan fingerprint density at radius 2 is 1.95 bits per heavy atom. The van der Waals surface area contributed by atoms with Crippen molar-refractivity contribution in [3.8, 4) is 0 Å². The number of aromatic nitrogens is 1. The van der Waals surface area contributed by atoms with Crippen LogP contribution in [0.5, 0.6) is 0 Å². The first-order valence-electron chi connectivity index (χ1n) is 7.89. The summed E-state index contributed by atoms with van der Waals surface area (Å²) in [6.45, 7) is 4.27. The molecule has 0 saturated heterocycles. The molecule has 1 aliphatic carbocycles. The highest BCUT2D eigenvalue weighted by Crippen LogP contribution is 2.20. The Morgan fingerprint density at radius 1 is 1.30 bits per heavy atom. The summed E-state index contributed by atoms with van der Waals surface area (Å²) in [5.74, 6) is 0.582. The van der Waals surface area contributed by atoms with E-state index in [1.165, 1.54) is 32.1 Å². The molecule has 1 aromatic heterocycles. The quantitative estimate of drug-likeness (QED) is 0.910. The molecule has 0 radical (unpaired) electrons. The number of hydrogen-bond donors (Lipinski definition) is 1. The summed E-state index contributed by atoms with van der Waals surface area (Å²) >= 11 is 1.66. The zero-order valence-corrected chi connectivity index (χ0v) is 13.5. The lowest BCUT2D eigenvalue weighted by Gasteiger charge is -2.20. The summed E-state index contributed by atoms with van der Waals surface area (Å²) in [4.78, 5) is 16.6. The average molecular weight is 294 g/mol. The van der Waals surface area contributed by atoms with Crippen LogP contribution in [0.1, 0.15) is 75.4 Å². The van der Waals surface area contributed by atoms with Gasteiger partial charge in [-0.05, 0) is 12.8 Å². The summed E-state index contributed by atoms with van der Waals surface area (Å²) in [5, 5.41) is 6.34. The van der Waals surface area contributed by atoms with Gasteiger partial charge in [0.15, 0.2) is 0 Å². The van der Waals surface area contributed by atoms with Gasteiger partial charge in [0.25, 0.3) is 0 Å². The van der Waals surface area contributed by atoms with Crippen molar-refractivity contribution in [1.29, 1.82) is 0 Å². The Morgan fingerprint density at radius 3 is 2.55 bits per heavy atom. The maximum Gasteiger partial charge on any atom is 0.226 e. The van der Waals surface area contributed by atoms with Gasteiger partial charge in [-0.2, -0.15) is 0 Å². The Labute approximate surface area is 126 Å². The van der Waals surface area contributed by atoms with Gasteiger partial charge < -0.3 is 5.32 Å². The maximum absolute atomic E-state index is 12.1. The Balaban J connectivity index is 1.81. The van der Waals surface area contributed by atoms with Crippen LogP contribution < -0.4 is 5.32 Å². The van der Waals surface area contributed by atoms with Gasteiger partial charge in [-0.15, -0.1) is 11.3 Å². The standard InChI is InChI=1S/C16H26N2OS/c1-12(2)16-18-14(11-20-16)10-15(19)17-13-8-6-4-3-5-7-9-13/h11-13H,3-10H2,1-2H3,(H,17,19). The lowest BCUT2D eigenvalue weighted by molar-refractivity contribution is -0.121. The molecule has 0 bridgehead atoms. The van der Waals surface area contributed by atoms with Gasteiger partial charge in [0.05, 0.1) is 17.1 Å². The molecular weight excluding hydrogens is 268 g/mol. The van der Waals surface area contributed by atoms with Gasteiger partial charge >= 0.3 is 0 Å². The molecular formula is C16H26N2OS. The molecule has 112 valence electrons. The lowest BCUT2D eigenvalue weighted by atomic mass is 9.96. The lowest BCUT2D eigenvalue weighted by Crippen LogP contribution is -2.36. The minimum atomic E-state index is 0.135. The fourth-order valence-corrected chi connectivity index (χ4v) is 3.55. The van der Waals surface area contributed by atoms with Gasteiger partial charge in [-0.3, -0.25) is 4.79 Å². The Kier molecular flexibility index (Phi) is 6.02. The molecule has 0 spiro atoms. The van der Waals surface area contributed by atoms with E-state index >= 15 is 0 Å². The zero-order chi connectivity index (χ0) is 14.4. The van der Waals surface area contributed by atoms with Crippen LogP contribution in [0, 0.1) is 0 Å². The molecule has 1 saturated carbocycles. The summed E-state index contributed by atoms with van der Waals surface area (Å²) in [5.41, 5.74) is 0.919. The van der Waals surface area contributed by atoms with Crippen LogP contribution in [0.2, 0.25) is 0 Å². The molecule has 2 rings (SSSR count). The van der Waals surface area contributed by atoms with Crippen molar-refractivity contribution in [2.45, 2.75) is 77.2 Å². The third kappa shape index (κ3) is 4.89. The fraction of sp³-hybridized carbons (Fsp3) is 0.750. The first-order valence-corrected chi connectivity index (χ1v) is 8.77. The van der Waals surface area contributed by atoms with Crippen molar-refractivity contribution >= 4 is 17.2 Å². The summed E-state index contributed by atoms with van der Waals surface area (Å²) in [6.07, 6.45) is 9.20. The van der Waals surface area contributed by atoms with Crippen molar-refractivity contribution in [1.82, 2.24) is 10.3 Å². The minimum absolute atomic E-state index is 0.135. The molecule has 0 aromatic carbocycles. The van der Waals surface area contributed by atoms with Gasteiger partial charge in [0, 0.05) is 17.3 Å². The number of carbonyl (C=O) groups excluding carboxylic acids is 1. The van der Waals surface area contributed by atoms with E-state index in [1.807, 2.05) is 5.38 Å². The summed E-state index contributed by atoms with van der Waals surface area (Å²) in [6, 6.07) is 0.381. The van der Waals surface area contributed by atoms with E-state index in [0.717, 1.165) is 23.5 Å². The van der Waals surface area contributed by atoms with Gasteiger partial charge in [0.2, 0.25) is 5.91 Å². The second-order valence-corrected chi connectivity index (χ2v) is 7.01. The molecule has 0 aliphatic heterocycles. The van der Waals surface area contributed by atoms with E-state index in [0.29, 0.717) is 18.4 Å². The molecule has 20 heavy (non-hydrogen) atoms. The van der Waals surface area contributed by atoms with E-state index in [9.17, 15) is 4.79 Å². The highest BCUT2D eigenvalue weighted by atomic mass is 32.1. The van der Waals surface area contributed by atoms with Crippen LogP contribution in [0.3, 0.4) is 0 Å². The molecule has 1 fully saturated rings. The molecule has 1 aliphatic rings. The van der Waals surface area contributed by atoms with Crippen molar-refractivity contribution in [2.75, 3.05) is 0 Å². The maximum atomic E-state index is 12.1. The predicted molar refractivity (Wildman–Crippen MR) is 84.2 cm³/mol. The summed E-state index contributed by atoms with van der Waals surface area (Å²) < 4.78 is 0. The van der Waals surface area contributed by atoms with Crippen LogP contribution >= 0.6 is 11.3 Å². The van der Waals surface area contributed by atoms with E-state index in [4.69, 9.17) is 0 Å². The van der Waals surface area contributed by atoms with Crippen LogP contribution in [-0.2, 0) is 11.2 Å². The topological polar surface area (TPSA) is 42.0 Å². The first-order chi connectivity index (χ1) is 9.65. The van der Waals surface area contributed by atoms with E-state index in [1.54, 1.807) is 11.3 Å². The predicted octanol–water partition coefficient (Wildman–Crippen LogP) is 4.04. The minimum Gasteiger partial charge on any atom is -0.353 e. The number of rotatable bonds is 4. The number of nitrogens with zero attached hydrogens (tertiary/aromatic N) is 1. The largest absolute Gasteiger partial charge is 0.353 e. The van der Waals surface area contributed by atoms with Gasteiger partial charge in [-0.25, -0.2) is 4.98 Å². The van der Waals surface area contributed by atoms with Crippen LogP contribution in [-0.4, -0.2) is 16.9 Å². The number of thiazole rings is 1. The van der Waals surface area contributed by atoms with Crippen molar-refractivity contribution in [3.63, 3.8) is 0 Å². The number of carbonyl (C=O) groups is 1. The molecule has 0 atom stereocenters. The SMILES string of the molecule is CC(C)c1nc(CC(=O)NC2CCCCCCC2)cs1. The highest BCUT2D eigenvalue weighted by molar-refractivity contribution is 7.09. The Hall–Kier alpha value is -0.900. The van der Waals surface area contributed by atoms with Crippen LogP contribution in [0.25, 0.3) is 0 Å². The third-order valence-electron chi connectivity index (χ3n) is 3.88. The third-order valence-corrected chi connectivity index (χ3v) is 5.07. The van der Waals surface area contributed by atoms with E-state index in [2.05, 4.69) is 24.1 Å². The monoisotopic (exact) mass is 294 g/mol. The normalized spacial score (nSPS) is 17.8. The molecule has 1 N–H and O–H groups in total. The number of amides is 1. The second-order valence-electron chi connectivity index (χ2n) is 6.12. The molecule has 1 aromatic rings. The molecule has 4 heteroatoms. The van der Waals surface area contributed by atoms with Crippen LogP contribution in [0.15, 0.2) is 5.38 Å². The fourth-order valence-electron chi connectivity index (χ4n) is 2.71. The van der Waals surface area contributed by atoms with E-state index in [-0.39, 0.29) is 5.91 Å². The van der Waals surface area contributed by atoms with E-state index < -0.39 is 0 Å². The molecule has 3 nitrogen and oxygen atoms in total. The van der Waals surface area contributed by atoms with Crippen molar-refractivity contribution in [2.24, 2.45) is 0 Å². The van der Waals surface area contributed by atoms with Gasteiger partial charge in [-0.1, -0.05) is 46.0 Å².